The van der Waals surface area contributed by atoms with E-state index in [1.807, 2.05) is 14.0 Å². The molecule has 1 aromatic heterocycles. The SMILES string of the molecule is CCCN(CC#N)Cc1c(Cl)c(C)nn1C. The summed E-state index contributed by atoms with van der Waals surface area (Å²) < 4.78 is 1.79. The van der Waals surface area contributed by atoms with Crippen LogP contribution in [0.15, 0.2) is 0 Å². The van der Waals surface area contributed by atoms with Crippen LogP contribution < -0.4 is 0 Å². The van der Waals surface area contributed by atoms with E-state index in [1.165, 1.54) is 0 Å². The fraction of sp³-hybridized carbons (Fsp3) is 0.636. The van der Waals surface area contributed by atoms with Crippen LogP contribution in [0.5, 0.6) is 0 Å². The zero-order valence-corrected chi connectivity index (χ0v) is 10.8. The van der Waals surface area contributed by atoms with E-state index in [1.54, 1.807) is 4.68 Å². The molecule has 0 unspecified atom stereocenters. The molecule has 88 valence electrons. The van der Waals surface area contributed by atoms with Gasteiger partial charge in [0.15, 0.2) is 0 Å². The molecule has 0 aliphatic rings. The maximum absolute atomic E-state index is 8.74. The lowest BCUT2D eigenvalue weighted by Gasteiger charge is -2.18. The van der Waals surface area contributed by atoms with E-state index in [0.717, 1.165) is 24.4 Å². The molecule has 5 heteroatoms. The second kappa shape index (κ2) is 5.88. The minimum Gasteiger partial charge on any atom is -0.285 e. The maximum atomic E-state index is 8.74. The first-order valence-corrected chi connectivity index (χ1v) is 5.75. The fourth-order valence-electron chi connectivity index (χ4n) is 1.69. The lowest BCUT2D eigenvalue weighted by molar-refractivity contribution is 0.290. The predicted octanol–water partition coefficient (Wildman–Crippen LogP) is 2.12. The van der Waals surface area contributed by atoms with Crippen molar-refractivity contribution in [2.75, 3.05) is 13.1 Å². The molecule has 0 aromatic carbocycles. The van der Waals surface area contributed by atoms with Crippen molar-refractivity contribution in [3.05, 3.63) is 16.4 Å². The molecule has 0 N–H and O–H groups in total. The van der Waals surface area contributed by atoms with E-state index in [-0.39, 0.29) is 0 Å². The van der Waals surface area contributed by atoms with Crippen LogP contribution in [0.25, 0.3) is 0 Å². The topological polar surface area (TPSA) is 44.9 Å². The van der Waals surface area contributed by atoms with E-state index >= 15 is 0 Å². The first-order valence-electron chi connectivity index (χ1n) is 5.37. The second-order valence-corrected chi connectivity index (χ2v) is 4.22. The smallest absolute Gasteiger partial charge is 0.0869 e. The van der Waals surface area contributed by atoms with E-state index in [0.29, 0.717) is 18.1 Å². The van der Waals surface area contributed by atoms with Gasteiger partial charge in [0.1, 0.15) is 0 Å². The fourth-order valence-corrected chi connectivity index (χ4v) is 1.91. The van der Waals surface area contributed by atoms with E-state index in [9.17, 15) is 0 Å². The van der Waals surface area contributed by atoms with E-state index < -0.39 is 0 Å². The van der Waals surface area contributed by atoms with Crippen LogP contribution >= 0.6 is 11.6 Å². The van der Waals surface area contributed by atoms with Crippen LogP contribution in [0, 0.1) is 18.3 Å². The van der Waals surface area contributed by atoms with Gasteiger partial charge in [-0.15, -0.1) is 0 Å². The Kier molecular flexibility index (Phi) is 4.78. The van der Waals surface area contributed by atoms with Crippen molar-refractivity contribution in [3.8, 4) is 6.07 Å². The molecule has 1 aromatic rings. The van der Waals surface area contributed by atoms with Gasteiger partial charge in [-0.25, -0.2) is 0 Å². The van der Waals surface area contributed by atoms with Gasteiger partial charge in [-0.05, 0) is 19.9 Å². The van der Waals surface area contributed by atoms with Gasteiger partial charge in [0.25, 0.3) is 0 Å². The van der Waals surface area contributed by atoms with E-state index in [4.69, 9.17) is 16.9 Å². The lowest BCUT2D eigenvalue weighted by Crippen LogP contribution is -2.25. The van der Waals surface area contributed by atoms with Gasteiger partial charge >= 0.3 is 0 Å². The molecule has 1 rings (SSSR count). The summed E-state index contributed by atoms with van der Waals surface area (Å²) in [6.07, 6.45) is 1.02. The van der Waals surface area contributed by atoms with Crippen LogP contribution in [0.2, 0.25) is 5.02 Å². The largest absolute Gasteiger partial charge is 0.285 e. The Morgan fingerprint density at radius 3 is 2.69 bits per heavy atom. The quantitative estimate of drug-likeness (QED) is 0.741. The summed E-state index contributed by atoms with van der Waals surface area (Å²) in [5, 5.41) is 13.7. The average molecular weight is 241 g/mol. The van der Waals surface area contributed by atoms with Crippen molar-refractivity contribution in [3.63, 3.8) is 0 Å². The summed E-state index contributed by atoms with van der Waals surface area (Å²) in [5.41, 5.74) is 1.82. The van der Waals surface area contributed by atoms with Gasteiger partial charge in [0.2, 0.25) is 0 Å². The molecule has 0 saturated carbocycles. The average Bonchev–Trinajstić information content (AvgIpc) is 2.46. The number of nitriles is 1. The Balaban J connectivity index is 2.81. The number of halogens is 1. The van der Waals surface area contributed by atoms with Crippen molar-refractivity contribution < 1.29 is 0 Å². The number of rotatable bonds is 5. The summed E-state index contributed by atoms with van der Waals surface area (Å²) in [6, 6.07) is 2.17. The molecule has 0 aliphatic heterocycles. The molecule has 0 radical (unpaired) electrons. The van der Waals surface area contributed by atoms with Crippen LogP contribution in [0.1, 0.15) is 24.7 Å². The molecule has 16 heavy (non-hydrogen) atoms. The minimum absolute atomic E-state index is 0.425. The molecule has 4 nitrogen and oxygen atoms in total. The zero-order valence-electron chi connectivity index (χ0n) is 10.00. The Morgan fingerprint density at radius 1 is 1.56 bits per heavy atom. The van der Waals surface area contributed by atoms with Crippen molar-refractivity contribution >= 4 is 11.6 Å². The highest BCUT2D eigenvalue weighted by molar-refractivity contribution is 6.31. The van der Waals surface area contributed by atoms with Crippen LogP contribution in [0.3, 0.4) is 0 Å². The molecular formula is C11H17ClN4. The number of aryl methyl sites for hydroxylation is 2. The molecule has 0 saturated heterocycles. The third-order valence-corrected chi connectivity index (χ3v) is 2.96. The second-order valence-electron chi connectivity index (χ2n) is 3.84. The van der Waals surface area contributed by atoms with Crippen LogP contribution in [-0.2, 0) is 13.6 Å². The molecule has 0 fully saturated rings. The standard InChI is InChI=1S/C11H17ClN4/c1-4-6-16(7-5-13)8-10-11(12)9(2)14-15(10)3/h4,6-8H2,1-3H3. The zero-order chi connectivity index (χ0) is 12.1. The van der Waals surface area contributed by atoms with Crippen molar-refractivity contribution in [1.82, 2.24) is 14.7 Å². The monoisotopic (exact) mass is 240 g/mol. The summed E-state index contributed by atoms with van der Waals surface area (Å²) in [4.78, 5) is 2.07. The summed E-state index contributed by atoms with van der Waals surface area (Å²) in [5.74, 6) is 0. The highest BCUT2D eigenvalue weighted by Gasteiger charge is 2.14. The normalized spacial score (nSPS) is 10.8. The number of nitrogens with zero attached hydrogens (tertiary/aromatic N) is 4. The lowest BCUT2D eigenvalue weighted by atomic mass is 10.3. The third kappa shape index (κ3) is 2.97. The van der Waals surface area contributed by atoms with Gasteiger partial charge in [-0.1, -0.05) is 18.5 Å². The Bertz CT molecular complexity index is 391. The molecule has 0 spiro atoms. The Labute approximate surface area is 101 Å². The molecule has 0 bridgehead atoms. The third-order valence-electron chi connectivity index (χ3n) is 2.47. The van der Waals surface area contributed by atoms with Crippen molar-refractivity contribution in [1.29, 1.82) is 5.26 Å². The number of hydrogen-bond acceptors (Lipinski definition) is 3. The molecule has 0 atom stereocenters. The Morgan fingerprint density at radius 2 is 2.25 bits per heavy atom. The predicted molar refractivity (Wildman–Crippen MR) is 64.1 cm³/mol. The summed E-state index contributed by atoms with van der Waals surface area (Å²) in [6.45, 7) is 5.99. The Hall–Kier alpha value is -1.05. The first kappa shape index (κ1) is 13.0. The van der Waals surface area contributed by atoms with Gasteiger partial charge < -0.3 is 0 Å². The van der Waals surface area contributed by atoms with Gasteiger partial charge in [0, 0.05) is 13.6 Å². The van der Waals surface area contributed by atoms with Gasteiger partial charge in [-0.3, -0.25) is 9.58 Å². The highest BCUT2D eigenvalue weighted by Crippen LogP contribution is 2.20. The minimum atomic E-state index is 0.425. The highest BCUT2D eigenvalue weighted by atomic mass is 35.5. The van der Waals surface area contributed by atoms with Gasteiger partial charge in [0.05, 0.1) is 29.0 Å². The van der Waals surface area contributed by atoms with E-state index in [2.05, 4.69) is 23.0 Å². The number of aromatic nitrogens is 2. The van der Waals surface area contributed by atoms with Crippen molar-refractivity contribution in [2.24, 2.45) is 7.05 Å². The molecule has 1 heterocycles. The summed E-state index contributed by atoms with van der Waals surface area (Å²) in [7, 11) is 1.88. The molecule has 0 amide bonds. The molecule has 0 aliphatic carbocycles. The molecular weight excluding hydrogens is 224 g/mol. The van der Waals surface area contributed by atoms with Gasteiger partial charge in [-0.2, -0.15) is 10.4 Å². The van der Waals surface area contributed by atoms with Crippen LogP contribution in [-0.4, -0.2) is 27.8 Å². The summed E-state index contributed by atoms with van der Waals surface area (Å²) >= 11 is 6.17. The first-order chi connectivity index (χ1) is 7.60. The van der Waals surface area contributed by atoms with Crippen molar-refractivity contribution in [2.45, 2.75) is 26.8 Å². The maximum Gasteiger partial charge on any atom is 0.0869 e. The number of hydrogen-bond donors (Lipinski definition) is 0. The van der Waals surface area contributed by atoms with Crippen LogP contribution in [0.4, 0.5) is 0 Å².